The lowest BCUT2D eigenvalue weighted by Crippen LogP contribution is -2.28. The molecule has 0 radical (unpaired) electrons. The molecule has 0 atom stereocenters. The monoisotopic (exact) mass is 204 g/mol. The summed E-state index contributed by atoms with van der Waals surface area (Å²) in [4.78, 5) is 2.34. The molecule has 1 heterocycles. The van der Waals surface area contributed by atoms with Gasteiger partial charge in [-0.3, -0.25) is 0 Å². The average molecular weight is 204 g/mol. The smallest absolute Gasteiger partial charge is 0.0285 e. The van der Waals surface area contributed by atoms with Gasteiger partial charge in [0.15, 0.2) is 0 Å². The first-order valence-electron chi connectivity index (χ1n) is 5.56. The molecule has 0 saturated carbocycles. The zero-order chi connectivity index (χ0) is 11.1. The van der Waals surface area contributed by atoms with Gasteiger partial charge in [0.2, 0.25) is 0 Å². The van der Waals surface area contributed by atoms with Gasteiger partial charge in [-0.25, -0.2) is 0 Å². The van der Waals surface area contributed by atoms with Gasteiger partial charge in [-0.1, -0.05) is 26.0 Å². The lowest BCUT2D eigenvalue weighted by Gasteiger charge is -2.28. The Labute approximate surface area is 92.1 Å². The van der Waals surface area contributed by atoms with Crippen LogP contribution in [0.3, 0.4) is 0 Å². The van der Waals surface area contributed by atoms with Crippen LogP contribution < -0.4 is 5.73 Å². The Morgan fingerprint density at radius 1 is 1.27 bits per heavy atom. The predicted octanol–water partition coefficient (Wildman–Crippen LogP) is 2.06. The van der Waals surface area contributed by atoms with Crippen molar-refractivity contribution in [2.75, 3.05) is 20.1 Å². The lowest BCUT2D eigenvalue weighted by molar-refractivity contribution is 0.347. The van der Waals surface area contributed by atoms with E-state index in [0.717, 1.165) is 25.2 Å². The van der Waals surface area contributed by atoms with Gasteiger partial charge >= 0.3 is 0 Å². The lowest BCUT2D eigenvalue weighted by atomic mass is 9.88. The van der Waals surface area contributed by atoms with Crippen molar-refractivity contribution in [3.63, 3.8) is 0 Å². The molecule has 0 bridgehead atoms. The quantitative estimate of drug-likeness (QED) is 0.654. The van der Waals surface area contributed by atoms with Crippen LogP contribution in [0.4, 0.5) is 0 Å². The minimum Gasteiger partial charge on any atom is -0.399 e. The fourth-order valence-corrected chi connectivity index (χ4v) is 2.41. The molecule has 2 N–H and O–H groups in total. The fourth-order valence-electron chi connectivity index (χ4n) is 2.41. The van der Waals surface area contributed by atoms with Crippen LogP contribution in [-0.2, 0) is 0 Å². The van der Waals surface area contributed by atoms with E-state index in [1.165, 1.54) is 11.1 Å². The van der Waals surface area contributed by atoms with E-state index >= 15 is 0 Å². The van der Waals surface area contributed by atoms with Crippen molar-refractivity contribution >= 4 is 0 Å². The first-order chi connectivity index (χ1) is 6.96. The van der Waals surface area contributed by atoms with Crippen LogP contribution in [0.2, 0.25) is 0 Å². The van der Waals surface area contributed by atoms with E-state index in [-0.39, 0.29) is 5.41 Å². The van der Waals surface area contributed by atoms with Crippen LogP contribution in [0.15, 0.2) is 35.1 Å². The van der Waals surface area contributed by atoms with Gasteiger partial charge in [-0.05, 0) is 30.7 Å². The molecule has 0 aromatic rings. The molecule has 2 aliphatic rings. The van der Waals surface area contributed by atoms with Crippen molar-refractivity contribution in [1.29, 1.82) is 0 Å². The molecule has 1 aliphatic heterocycles. The maximum atomic E-state index is 6.00. The standard InChI is InChI=1S/C13H20N2/c1-13(2)7-10-4-5-15(3)9-11(10)6-12(14)8-13/h6-8H,4-5,9,14H2,1-3H3. The summed E-state index contributed by atoms with van der Waals surface area (Å²) in [6.07, 6.45) is 7.79. The normalized spacial score (nSPS) is 25.9. The molecular formula is C13H20N2. The predicted molar refractivity (Wildman–Crippen MR) is 64.3 cm³/mol. The zero-order valence-electron chi connectivity index (χ0n) is 9.88. The molecule has 2 heteroatoms. The highest BCUT2D eigenvalue weighted by atomic mass is 15.1. The summed E-state index contributed by atoms with van der Waals surface area (Å²) in [5.74, 6) is 0. The topological polar surface area (TPSA) is 29.3 Å². The van der Waals surface area contributed by atoms with Gasteiger partial charge in [0.25, 0.3) is 0 Å². The Bertz CT molecular complexity index is 359. The summed E-state index contributed by atoms with van der Waals surface area (Å²) in [5, 5.41) is 0. The summed E-state index contributed by atoms with van der Waals surface area (Å²) >= 11 is 0. The number of rotatable bonds is 0. The van der Waals surface area contributed by atoms with Crippen molar-refractivity contribution < 1.29 is 0 Å². The summed E-state index contributed by atoms with van der Waals surface area (Å²) in [6.45, 7) is 6.60. The van der Waals surface area contributed by atoms with Gasteiger partial charge in [0.05, 0.1) is 0 Å². The van der Waals surface area contributed by atoms with Gasteiger partial charge in [0.1, 0.15) is 0 Å². The molecule has 0 aromatic heterocycles. The second-order valence-corrected chi connectivity index (χ2v) is 5.29. The number of likely N-dealkylation sites (N-methyl/N-ethyl adjacent to an activating group) is 1. The molecule has 15 heavy (non-hydrogen) atoms. The minimum atomic E-state index is 0.0909. The maximum absolute atomic E-state index is 6.00. The molecular weight excluding hydrogens is 184 g/mol. The van der Waals surface area contributed by atoms with E-state index in [0.29, 0.717) is 0 Å². The number of allylic oxidation sites excluding steroid dienone is 3. The first-order valence-corrected chi connectivity index (χ1v) is 5.56. The number of hydrogen-bond acceptors (Lipinski definition) is 2. The van der Waals surface area contributed by atoms with Crippen LogP contribution in [0.25, 0.3) is 0 Å². The van der Waals surface area contributed by atoms with E-state index in [1.54, 1.807) is 0 Å². The number of likely N-dealkylation sites (tertiary alicyclic amines) is 1. The summed E-state index contributed by atoms with van der Waals surface area (Å²) in [6, 6.07) is 0. The van der Waals surface area contributed by atoms with E-state index in [9.17, 15) is 0 Å². The van der Waals surface area contributed by atoms with Crippen LogP contribution in [0, 0.1) is 5.41 Å². The average Bonchev–Trinajstić information content (AvgIpc) is 2.18. The number of nitrogens with zero attached hydrogens (tertiary/aromatic N) is 1. The molecule has 0 unspecified atom stereocenters. The third-order valence-electron chi connectivity index (χ3n) is 3.04. The summed E-state index contributed by atoms with van der Waals surface area (Å²) in [5.41, 5.74) is 9.86. The highest BCUT2D eigenvalue weighted by Crippen LogP contribution is 2.32. The third-order valence-corrected chi connectivity index (χ3v) is 3.04. The first kappa shape index (κ1) is 10.5. The third kappa shape index (κ3) is 2.32. The SMILES string of the molecule is CN1CCC2=CC(C)(C)C=C(N)C=C2C1. The van der Waals surface area contributed by atoms with Crippen molar-refractivity contribution in [3.8, 4) is 0 Å². The van der Waals surface area contributed by atoms with Crippen LogP contribution in [0.1, 0.15) is 20.3 Å². The van der Waals surface area contributed by atoms with Gasteiger partial charge in [-0.15, -0.1) is 0 Å². The molecule has 0 aromatic carbocycles. The van der Waals surface area contributed by atoms with E-state index in [2.05, 4.69) is 44.0 Å². The van der Waals surface area contributed by atoms with Crippen LogP contribution in [0.5, 0.6) is 0 Å². The number of nitrogens with two attached hydrogens (primary N) is 1. The molecule has 82 valence electrons. The van der Waals surface area contributed by atoms with Gasteiger partial charge in [-0.2, -0.15) is 0 Å². The molecule has 0 spiro atoms. The van der Waals surface area contributed by atoms with Crippen LogP contribution in [-0.4, -0.2) is 25.0 Å². The van der Waals surface area contributed by atoms with E-state index in [4.69, 9.17) is 5.73 Å². The largest absolute Gasteiger partial charge is 0.399 e. The zero-order valence-corrected chi connectivity index (χ0v) is 9.88. The number of piperidine rings is 1. The maximum Gasteiger partial charge on any atom is 0.0285 e. The van der Waals surface area contributed by atoms with Crippen molar-refractivity contribution in [2.45, 2.75) is 20.3 Å². The molecule has 2 nitrogen and oxygen atoms in total. The fraction of sp³-hybridized carbons (Fsp3) is 0.538. The van der Waals surface area contributed by atoms with Crippen LogP contribution >= 0.6 is 0 Å². The Hall–Kier alpha value is -1.02. The van der Waals surface area contributed by atoms with E-state index < -0.39 is 0 Å². The van der Waals surface area contributed by atoms with Crippen molar-refractivity contribution in [1.82, 2.24) is 4.90 Å². The second-order valence-electron chi connectivity index (χ2n) is 5.29. The Kier molecular flexibility index (Phi) is 2.47. The highest BCUT2D eigenvalue weighted by molar-refractivity contribution is 5.44. The number of hydrogen-bond donors (Lipinski definition) is 1. The molecule has 1 aliphatic carbocycles. The number of fused-ring (bicyclic) bond motifs is 1. The van der Waals surface area contributed by atoms with Gasteiger partial charge < -0.3 is 10.6 Å². The molecule has 2 rings (SSSR count). The second kappa shape index (κ2) is 3.53. The minimum absolute atomic E-state index is 0.0909. The Balaban J connectivity index is 2.38. The van der Waals surface area contributed by atoms with Crippen molar-refractivity contribution in [3.05, 3.63) is 35.1 Å². The molecule has 0 amide bonds. The Morgan fingerprint density at radius 3 is 2.73 bits per heavy atom. The van der Waals surface area contributed by atoms with Gasteiger partial charge in [0, 0.05) is 24.2 Å². The van der Waals surface area contributed by atoms with Crippen molar-refractivity contribution in [2.24, 2.45) is 11.1 Å². The summed E-state index contributed by atoms with van der Waals surface area (Å²) < 4.78 is 0. The molecule has 1 saturated heterocycles. The molecule has 1 fully saturated rings. The highest BCUT2D eigenvalue weighted by Gasteiger charge is 2.22. The summed E-state index contributed by atoms with van der Waals surface area (Å²) in [7, 11) is 2.16. The van der Waals surface area contributed by atoms with E-state index in [1.807, 2.05) is 0 Å². The Morgan fingerprint density at radius 2 is 2.00 bits per heavy atom.